The Balaban J connectivity index is 1.32. The highest BCUT2D eigenvalue weighted by Crippen LogP contribution is 2.22. The number of hydrogen-bond acceptors (Lipinski definition) is 6. The van der Waals surface area contributed by atoms with Crippen molar-refractivity contribution in [1.29, 1.82) is 0 Å². The van der Waals surface area contributed by atoms with Crippen LogP contribution >= 0.6 is 11.6 Å². The van der Waals surface area contributed by atoms with E-state index in [-0.39, 0.29) is 13.2 Å². The summed E-state index contributed by atoms with van der Waals surface area (Å²) in [4.78, 5) is 1.85. The number of benzene rings is 2. The van der Waals surface area contributed by atoms with Crippen LogP contribution in [0.4, 0.5) is 0 Å². The zero-order valence-corrected chi connectivity index (χ0v) is 18.4. The number of aliphatic hydroxyl groups is 4. The molecule has 0 saturated carbocycles. The molecule has 4 unspecified atom stereocenters. The molecule has 170 valence electrons. The van der Waals surface area contributed by atoms with Crippen molar-refractivity contribution in [3.63, 3.8) is 0 Å². The number of piperidine rings is 1. The van der Waals surface area contributed by atoms with E-state index in [2.05, 4.69) is 24.3 Å². The first-order valence-corrected chi connectivity index (χ1v) is 11.2. The normalized spacial score (nSPS) is 24.4. The minimum atomic E-state index is -1.21. The molecule has 1 aliphatic rings. The average molecular weight is 450 g/mol. The molecule has 0 radical (unpaired) electrons. The first-order valence-electron chi connectivity index (χ1n) is 10.8. The van der Waals surface area contributed by atoms with Gasteiger partial charge in [0.25, 0.3) is 0 Å². The zero-order valence-electron chi connectivity index (χ0n) is 17.6. The highest BCUT2D eigenvalue weighted by Gasteiger charge is 2.40. The Morgan fingerprint density at radius 1 is 0.871 bits per heavy atom. The fourth-order valence-corrected chi connectivity index (χ4v) is 4.08. The molecule has 4 atom stereocenters. The molecular weight excluding hydrogens is 418 g/mol. The molecule has 31 heavy (non-hydrogen) atoms. The quantitative estimate of drug-likeness (QED) is 0.416. The summed E-state index contributed by atoms with van der Waals surface area (Å²) < 4.78 is 5.78. The van der Waals surface area contributed by atoms with Crippen LogP contribution in [0.3, 0.4) is 0 Å². The van der Waals surface area contributed by atoms with E-state index in [4.69, 9.17) is 16.3 Å². The molecular formula is C24H32ClNO5. The van der Waals surface area contributed by atoms with Crippen molar-refractivity contribution in [2.45, 2.75) is 50.2 Å². The first kappa shape index (κ1) is 24.1. The van der Waals surface area contributed by atoms with Crippen molar-refractivity contribution in [2.75, 3.05) is 26.3 Å². The summed E-state index contributed by atoms with van der Waals surface area (Å²) in [5, 5.41) is 39.8. The van der Waals surface area contributed by atoms with E-state index in [9.17, 15) is 20.4 Å². The molecule has 1 heterocycles. The SMILES string of the molecule is OCC1C(O)C(O)C(O)CN1CCCCCOCc1ccc(-c2ccc(Cl)cc2)cc1. The monoisotopic (exact) mass is 449 g/mol. The molecule has 1 fully saturated rings. The third-order valence-electron chi connectivity index (χ3n) is 5.85. The van der Waals surface area contributed by atoms with Crippen LogP contribution in [0.2, 0.25) is 5.02 Å². The van der Waals surface area contributed by atoms with Gasteiger partial charge in [-0.25, -0.2) is 0 Å². The number of hydrogen-bond donors (Lipinski definition) is 4. The smallest absolute Gasteiger partial charge is 0.109 e. The Morgan fingerprint density at radius 2 is 1.52 bits per heavy atom. The topological polar surface area (TPSA) is 93.4 Å². The van der Waals surface area contributed by atoms with Gasteiger partial charge in [-0.3, -0.25) is 4.90 Å². The Labute approximate surface area is 188 Å². The van der Waals surface area contributed by atoms with E-state index in [0.717, 1.165) is 41.0 Å². The van der Waals surface area contributed by atoms with E-state index in [1.807, 2.05) is 29.2 Å². The van der Waals surface area contributed by atoms with Crippen LogP contribution in [-0.4, -0.2) is 76.0 Å². The molecule has 4 N–H and O–H groups in total. The molecule has 0 aromatic heterocycles. The maximum atomic E-state index is 10.0. The van der Waals surface area contributed by atoms with Crippen molar-refractivity contribution in [3.05, 3.63) is 59.1 Å². The fourth-order valence-electron chi connectivity index (χ4n) is 3.96. The number of β-amino-alcohol motifs (C(OH)–C–C–N with tert-alkyl or cyclic N) is 1. The molecule has 0 aliphatic carbocycles. The van der Waals surface area contributed by atoms with Gasteiger partial charge in [0.15, 0.2) is 0 Å². The number of halogens is 1. The molecule has 0 amide bonds. The summed E-state index contributed by atoms with van der Waals surface area (Å²) in [6.07, 6.45) is -0.615. The number of nitrogens with zero attached hydrogens (tertiary/aromatic N) is 1. The molecule has 0 bridgehead atoms. The number of unbranched alkanes of at least 4 members (excludes halogenated alkanes) is 2. The van der Waals surface area contributed by atoms with E-state index >= 15 is 0 Å². The van der Waals surface area contributed by atoms with Crippen molar-refractivity contribution in [2.24, 2.45) is 0 Å². The largest absolute Gasteiger partial charge is 0.395 e. The van der Waals surface area contributed by atoms with Gasteiger partial charge < -0.3 is 25.2 Å². The van der Waals surface area contributed by atoms with Crippen molar-refractivity contribution < 1.29 is 25.2 Å². The van der Waals surface area contributed by atoms with Crippen LogP contribution in [0.25, 0.3) is 11.1 Å². The second-order valence-electron chi connectivity index (χ2n) is 8.11. The van der Waals surface area contributed by atoms with E-state index in [1.54, 1.807) is 0 Å². The van der Waals surface area contributed by atoms with Crippen molar-refractivity contribution in [1.82, 2.24) is 4.90 Å². The fraction of sp³-hybridized carbons (Fsp3) is 0.500. The summed E-state index contributed by atoms with van der Waals surface area (Å²) >= 11 is 5.94. The third-order valence-corrected chi connectivity index (χ3v) is 6.10. The van der Waals surface area contributed by atoms with E-state index in [1.165, 1.54) is 0 Å². The van der Waals surface area contributed by atoms with Crippen LogP contribution in [0.1, 0.15) is 24.8 Å². The summed E-state index contributed by atoms with van der Waals surface area (Å²) in [6.45, 7) is 1.89. The van der Waals surface area contributed by atoms with Gasteiger partial charge in [-0.15, -0.1) is 0 Å². The zero-order chi connectivity index (χ0) is 22.2. The minimum Gasteiger partial charge on any atom is -0.395 e. The number of aliphatic hydroxyl groups excluding tert-OH is 4. The lowest BCUT2D eigenvalue weighted by molar-refractivity contribution is -0.145. The standard InChI is InChI=1S/C24H32ClNO5/c25-20-10-8-19(9-11-20)18-6-4-17(5-7-18)16-31-13-3-1-2-12-26-14-22(28)24(30)23(29)21(26)15-27/h4-11,21-24,27-30H,1-3,12-16H2. The summed E-state index contributed by atoms with van der Waals surface area (Å²) in [7, 11) is 0. The molecule has 1 aliphatic heterocycles. The lowest BCUT2D eigenvalue weighted by Gasteiger charge is -2.43. The average Bonchev–Trinajstić information content (AvgIpc) is 2.78. The number of likely N-dealkylation sites (tertiary alicyclic amines) is 1. The van der Waals surface area contributed by atoms with Gasteiger partial charge in [0, 0.05) is 18.2 Å². The Hall–Kier alpha value is -1.51. The Bertz CT molecular complexity index is 786. The van der Waals surface area contributed by atoms with Crippen LogP contribution in [-0.2, 0) is 11.3 Å². The second kappa shape index (κ2) is 11.9. The van der Waals surface area contributed by atoms with Crippen LogP contribution in [0.5, 0.6) is 0 Å². The molecule has 1 saturated heterocycles. The predicted octanol–water partition coefficient (Wildman–Crippen LogP) is 2.45. The lowest BCUT2D eigenvalue weighted by Crippen LogP contribution is -2.62. The van der Waals surface area contributed by atoms with Crippen LogP contribution < -0.4 is 0 Å². The van der Waals surface area contributed by atoms with Crippen LogP contribution in [0.15, 0.2) is 48.5 Å². The molecule has 0 spiro atoms. The van der Waals surface area contributed by atoms with Gasteiger partial charge in [0.1, 0.15) is 12.2 Å². The van der Waals surface area contributed by atoms with E-state index in [0.29, 0.717) is 19.8 Å². The molecule has 6 nitrogen and oxygen atoms in total. The number of rotatable bonds is 10. The molecule has 2 aromatic carbocycles. The highest BCUT2D eigenvalue weighted by atomic mass is 35.5. The molecule has 7 heteroatoms. The minimum absolute atomic E-state index is 0.245. The van der Waals surface area contributed by atoms with Gasteiger partial charge in [0.2, 0.25) is 0 Å². The second-order valence-corrected chi connectivity index (χ2v) is 8.55. The van der Waals surface area contributed by atoms with Gasteiger partial charge in [-0.1, -0.05) is 48.0 Å². The van der Waals surface area contributed by atoms with Gasteiger partial charge >= 0.3 is 0 Å². The van der Waals surface area contributed by atoms with E-state index < -0.39 is 24.4 Å². The van der Waals surface area contributed by atoms with Crippen molar-refractivity contribution >= 4 is 11.6 Å². The maximum Gasteiger partial charge on any atom is 0.109 e. The first-order chi connectivity index (χ1) is 15.0. The summed E-state index contributed by atoms with van der Waals surface area (Å²) in [5.41, 5.74) is 3.39. The maximum absolute atomic E-state index is 10.0. The molecule has 3 rings (SSSR count). The summed E-state index contributed by atoms with van der Waals surface area (Å²) in [6, 6.07) is 15.5. The number of ether oxygens (including phenoxy) is 1. The lowest BCUT2D eigenvalue weighted by atomic mass is 9.94. The molecule has 2 aromatic rings. The van der Waals surface area contributed by atoms with Crippen molar-refractivity contribution in [3.8, 4) is 11.1 Å². The summed E-state index contributed by atoms with van der Waals surface area (Å²) in [5.74, 6) is 0. The Morgan fingerprint density at radius 3 is 2.16 bits per heavy atom. The van der Waals surface area contributed by atoms with Gasteiger partial charge in [0.05, 0.1) is 25.4 Å². The van der Waals surface area contributed by atoms with Gasteiger partial charge in [-0.2, -0.15) is 0 Å². The highest BCUT2D eigenvalue weighted by molar-refractivity contribution is 6.30. The Kier molecular flexibility index (Phi) is 9.29. The predicted molar refractivity (Wildman–Crippen MR) is 121 cm³/mol. The van der Waals surface area contributed by atoms with Gasteiger partial charge in [-0.05, 0) is 54.6 Å². The van der Waals surface area contributed by atoms with Crippen LogP contribution in [0, 0.1) is 0 Å². The third kappa shape index (κ3) is 6.73.